The van der Waals surface area contributed by atoms with Gasteiger partial charge in [0.25, 0.3) is 0 Å². The highest BCUT2D eigenvalue weighted by Gasteiger charge is 2.57. The summed E-state index contributed by atoms with van der Waals surface area (Å²) >= 11 is 3.56. The quantitative estimate of drug-likeness (QED) is 0.748. The van der Waals surface area contributed by atoms with Crippen molar-refractivity contribution in [3.05, 3.63) is 23.8 Å². The van der Waals surface area contributed by atoms with E-state index in [1.807, 2.05) is 0 Å². The molecular weight excluding hydrogens is 270 g/mol. The van der Waals surface area contributed by atoms with Gasteiger partial charge >= 0.3 is 0 Å². The molecule has 88 valence electrons. The molecule has 1 aliphatic heterocycles. The molecule has 1 saturated carbocycles. The average molecular weight is 286 g/mol. The van der Waals surface area contributed by atoms with Crippen LogP contribution in [0.3, 0.4) is 0 Å². The van der Waals surface area contributed by atoms with Crippen LogP contribution in [0.15, 0.2) is 23.8 Å². The van der Waals surface area contributed by atoms with Crippen molar-refractivity contribution in [1.29, 1.82) is 0 Å². The minimum atomic E-state index is -0.366. The first-order valence-electron chi connectivity index (χ1n) is 5.72. The Morgan fingerprint density at radius 2 is 2.00 bits per heavy atom. The number of hydrogen-bond donors (Lipinski definition) is 1. The molecule has 0 aromatic carbocycles. The van der Waals surface area contributed by atoms with E-state index in [0.29, 0.717) is 18.0 Å². The number of nitrogens with two attached hydrogens (primary N) is 1. The van der Waals surface area contributed by atoms with Gasteiger partial charge in [0.05, 0.1) is 18.8 Å². The van der Waals surface area contributed by atoms with Crippen molar-refractivity contribution in [2.75, 3.05) is 13.2 Å². The fourth-order valence-corrected chi connectivity index (χ4v) is 3.12. The highest BCUT2D eigenvalue weighted by molar-refractivity contribution is 9.09. The second-order valence-electron chi connectivity index (χ2n) is 4.89. The van der Waals surface area contributed by atoms with Crippen molar-refractivity contribution in [2.24, 2.45) is 5.73 Å². The maximum atomic E-state index is 6.38. The van der Waals surface area contributed by atoms with Gasteiger partial charge in [0.2, 0.25) is 0 Å². The Morgan fingerprint density at radius 3 is 2.56 bits per heavy atom. The van der Waals surface area contributed by atoms with Crippen LogP contribution in [-0.2, 0) is 9.47 Å². The van der Waals surface area contributed by atoms with Gasteiger partial charge in [-0.15, -0.1) is 0 Å². The van der Waals surface area contributed by atoms with Crippen molar-refractivity contribution in [3.8, 4) is 0 Å². The summed E-state index contributed by atoms with van der Waals surface area (Å²) in [5.74, 6) is -0.366. The summed E-state index contributed by atoms with van der Waals surface area (Å²) < 4.78 is 11.2. The normalized spacial score (nSPS) is 34.9. The van der Waals surface area contributed by atoms with E-state index >= 15 is 0 Å². The second kappa shape index (κ2) is 3.67. The number of allylic oxidation sites excluding steroid dienone is 2. The summed E-state index contributed by atoms with van der Waals surface area (Å²) in [6.45, 7) is 1.41. The van der Waals surface area contributed by atoms with Crippen molar-refractivity contribution in [2.45, 2.75) is 35.4 Å². The predicted octanol–water partition coefficient (Wildman–Crippen LogP) is 1.87. The van der Waals surface area contributed by atoms with E-state index in [1.54, 1.807) is 0 Å². The Balaban J connectivity index is 1.71. The van der Waals surface area contributed by atoms with Gasteiger partial charge in [0.15, 0.2) is 5.79 Å². The van der Waals surface area contributed by atoms with Crippen molar-refractivity contribution >= 4 is 15.9 Å². The molecular formula is C12H16BrNO2. The zero-order chi connectivity index (χ0) is 11.2. The molecule has 2 fully saturated rings. The third kappa shape index (κ3) is 1.68. The van der Waals surface area contributed by atoms with Crippen LogP contribution in [0.5, 0.6) is 0 Å². The Labute approximate surface area is 104 Å². The standard InChI is InChI=1S/C12H16BrNO2/c13-10-3-1-9(2-4-10)11(14)7-12(8-11)15-5-6-16-12/h1-3,10H,4-8,14H2. The number of hydrogen-bond acceptors (Lipinski definition) is 3. The molecule has 16 heavy (non-hydrogen) atoms. The highest BCUT2D eigenvalue weighted by atomic mass is 79.9. The summed E-state index contributed by atoms with van der Waals surface area (Å²) in [4.78, 5) is 0.452. The number of halogens is 1. The molecule has 1 atom stereocenters. The van der Waals surface area contributed by atoms with Crippen LogP contribution in [0.2, 0.25) is 0 Å². The smallest absolute Gasteiger partial charge is 0.172 e. The Morgan fingerprint density at radius 1 is 1.31 bits per heavy atom. The van der Waals surface area contributed by atoms with E-state index in [1.165, 1.54) is 5.57 Å². The zero-order valence-electron chi connectivity index (χ0n) is 9.12. The lowest BCUT2D eigenvalue weighted by Gasteiger charge is -2.51. The molecule has 0 aromatic heterocycles. The van der Waals surface area contributed by atoms with Gasteiger partial charge in [-0.05, 0) is 12.0 Å². The number of alkyl halides is 1. The van der Waals surface area contributed by atoms with Crippen LogP contribution in [-0.4, -0.2) is 29.4 Å². The van der Waals surface area contributed by atoms with Crippen LogP contribution >= 0.6 is 15.9 Å². The zero-order valence-corrected chi connectivity index (χ0v) is 10.7. The van der Waals surface area contributed by atoms with Crippen LogP contribution < -0.4 is 5.73 Å². The molecule has 2 N–H and O–H groups in total. The van der Waals surface area contributed by atoms with Gasteiger partial charge in [0.1, 0.15) is 0 Å². The minimum Gasteiger partial charge on any atom is -0.347 e. The molecule has 3 rings (SSSR count). The lowest BCUT2D eigenvalue weighted by atomic mass is 9.66. The van der Waals surface area contributed by atoms with Gasteiger partial charge in [-0.3, -0.25) is 0 Å². The van der Waals surface area contributed by atoms with Crippen molar-refractivity contribution in [1.82, 2.24) is 0 Å². The largest absolute Gasteiger partial charge is 0.347 e. The molecule has 2 aliphatic carbocycles. The minimum absolute atomic E-state index is 0.242. The third-order valence-corrected chi connectivity index (χ3v) is 4.28. The molecule has 1 saturated heterocycles. The summed E-state index contributed by atoms with van der Waals surface area (Å²) in [5, 5.41) is 0. The third-order valence-electron chi connectivity index (χ3n) is 3.61. The van der Waals surface area contributed by atoms with Crippen molar-refractivity contribution in [3.63, 3.8) is 0 Å². The molecule has 3 aliphatic rings. The molecule has 1 unspecified atom stereocenters. The van der Waals surface area contributed by atoms with E-state index in [0.717, 1.165) is 19.3 Å². The van der Waals surface area contributed by atoms with Crippen LogP contribution in [0, 0.1) is 0 Å². The average Bonchev–Trinajstić information content (AvgIpc) is 2.66. The maximum absolute atomic E-state index is 6.38. The van der Waals surface area contributed by atoms with E-state index in [2.05, 4.69) is 34.2 Å². The first-order valence-corrected chi connectivity index (χ1v) is 6.63. The van der Waals surface area contributed by atoms with Gasteiger partial charge in [-0.1, -0.05) is 34.2 Å². The van der Waals surface area contributed by atoms with Gasteiger partial charge in [-0.2, -0.15) is 0 Å². The lowest BCUT2D eigenvalue weighted by Crippen LogP contribution is -2.63. The van der Waals surface area contributed by atoms with Gasteiger partial charge in [-0.25, -0.2) is 0 Å². The Hall–Kier alpha value is -0.160. The predicted molar refractivity (Wildman–Crippen MR) is 65.3 cm³/mol. The summed E-state index contributed by atoms with van der Waals surface area (Å²) in [5.41, 5.74) is 7.37. The summed E-state index contributed by atoms with van der Waals surface area (Å²) in [6.07, 6.45) is 9.09. The second-order valence-corrected chi connectivity index (χ2v) is 6.06. The summed E-state index contributed by atoms with van der Waals surface area (Å²) in [7, 11) is 0. The van der Waals surface area contributed by atoms with Crippen molar-refractivity contribution < 1.29 is 9.47 Å². The molecule has 0 amide bonds. The number of ether oxygens (including phenoxy) is 2. The first kappa shape index (κ1) is 11.0. The van der Waals surface area contributed by atoms with Gasteiger partial charge < -0.3 is 15.2 Å². The fraction of sp³-hybridized carbons (Fsp3) is 0.667. The van der Waals surface area contributed by atoms with Crippen LogP contribution in [0.1, 0.15) is 19.3 Å². The molecule has 0 aromatic rings. The molecule has 3 nitrogen and oxygen atoms in total. The Bertz CT molecular complexity index is 350. The molecule has 1 spiro atoms. The van der Waals surface area contributed by atoms with Gasteiger partial charge in [0, 0.05) is 17.7 Å². The fourth-order valence-electron chi connectivity index (χ4n) is 2.78. The van der Waals surface area contributed by atoms with E-state index in [9.17, 15) is 0 Å². The number of rotatable bonds is 1. The van der Waals surface area contributed by atoms with E-state index < -0.39 is 0 Å². The monoisotopic (exact) mass is 285 g/mol. The van der Waals surface area contributed by atoms with Crippen LogP contribution in [0.25, 0.3) is 0 Å². The van der Waals surface area contributed by atoms with E-state index in [4.69, 9.17) is 15.2 Å². The first-order chi connectivity index (χ1) is 7.62. The maximum Gasteiger partial charge on any atom is 0.172 e. The SMILES string of the molecule is NC1(C2=CCC(Br)C=C2)CC2(C1)OCCO2. The topological polar surface area (TPSA) is 44.5 Å². The summed E-state index contributed by atoms with van der Waals surface area (Å²) in [6, 6.07) is 0. The molecule has 0 bridgehead atoms. The van der Waals surface area contributed by atoms with E-state index in [-0.39, 0.29) is 11.3 Å². The molecule has 0 radical (unpaired) electrons. The lowest BCUT2D eigenvalue weighted by molar-refractivity contribution is -0.229. The van der Waals surface area contributed by atoms with Crippen LogP contribution in [0.4, 0.5) is 0 Å². The Kier molecular flexibility index (Phi) is 2.51. The highest BCUT2D eigenvalue weighted by Crippen LogP contribution is 2.49. The molecule has 1 heterocycles. The molecule has 4 heteroatoms.